The number of aryl methyl sites for hydroxylation is 1. The van der Waals surface area contributed by atoms with Crippen LogP contribution in [0, 0.1) is 12.8 Å². The molecule has 2 heterocycles. The van der Waals surface area contributed by atoms with Crippen molar-refractivity contribution in [3.8, 4) is 0 Å². The molecule has 1 aliphatic heterocycles. The topological polar surface area (TPSA) is 57.6 Å². The zero-order valence-electron chi connectivity index (χ0n) is 9.84. The highest BCUT2D eigenvalue weighted by Crippen LogP contribution is 2.41. The molecule has 0 saturated carbocycles. The number of aliphatic carboxylic acids is 1. The Balaban J connectivity index is 2.42. The highest BCUT2D eigenvalue weighted by Gasteiger charge is 2.44. The van der Waals surface area contributed by atoms with Crippen molar-refractivity contribution in [1.82, 2.24) is 4.90 Å². The van der Waals surface area contributed by atoms with Crippen molar-refractivity contribution in [3.05, 3.63) is 21.9 Å². The van der Waals surface area contributed by atoms with Crippen LogP contribution in [0.2, 0.25) is 0 Å². The Hall–Kier alpha value is -1.36. The molecule has 17 heavy (non-hydrogen) atoms. The summed E-state index contributed by atoms with van der Waals surface area (Å²) in [5.41, 5.74) is 1.07. The number of rotatable bonds is 3. The van der Waals surface area contributed by atoms with E-state index in [1.165, 1.54) is 11.3 Å². The molecule has 4 nitrogen and oxygen atoms in total. The molecule has 92 valence electrons. The lowest BCUT2D eigenvalue weighted by Crippen LogP contribution is -2.30. The number of nitrogens with zero attached hydrogens (tertiary/aromatic N) is 1. The molecule has 0 radical (unpaired) electrons. The molecule has 2 rings (SSSR count). The van der Waals surface area contributed by atoms with E-state index in [4.69, 9.17) is 0 Å². The fourth-order valence-electron chi connectivity index (χ4n) is 2.40. The molecule has 1 fully saturated rings. The fraction of sp³-hybridized carbons (Fsp3) is 0.500. The van der Waals surface area contributed by atoms with Crippen LogP contribution in [0.1, 0.15) is 29.8 Å². The SMILES string of the molecule is CCN1C(=O)CC(C(=O)O)C1c1sccc1C. The van der Waals surface area contributed by atoms with Crippen molar-refractivity contribution in [2.45, 2.75) is 26.3 Å². The number of likely N-dealkylation sites (tertiary alicyclic amines) is 1. The third kappa shape index (κ3) is 1.95. The van der Waals surface area contributed by atoms with Crippen LogP contribution in [0.5, 0.6) is 0 Å². The molecule has 2 atom stereocenters. The van der Waals surface area contributed by atoms with Gasteiger partial charge in [0.2, 0.25) is 5.91 Å². The van der Waals surface area contributed by atoms with Gasteiger partial charge in [-0.2, -0.15) is 0 Å². The van der Waals surface area contributed by atoms with Gasteiger partial charge in [-0.1, -0.05) is 0 Å². The highest BCUT2D eigenvalue weighted by atomic mass is 32.1. The summed E-state index contributed by atoms with van der Waals surface area (Å²) < 4.78 is 0. The predicted octanol–water partition coefficient (Wildman–Crippen LogP) is 2.05. The van der Waals surface area contributed by atoms with E-state index >= 15 is 0 Å². The first kappa shape index (κ1) is 12.1. The van der Waals surface area contributed by atoms with Gasteiger partial charge in [0.25, 0.3) is 0 Å². The van der Waals surface area contributed by atoms with E-state index in [1.54, 1.807) is 4.90 Å². The van der Waals surface area contributed by atoms with Crippen LogP contribution in [0.15, 0.2) is 11.4 Å². The van der Waals surface area contributed by atoms with Crippen LogP contribution >= 0.6 is 11.3 Å². The smallest absolute Gasteiger partial charge is 0.309 e. The standard InChI is InChI=1S/C12H15NO3S/c1-3-13-9(14)6-8(12(15)16)10(13)11-7(2)4-5-17-11/h4-5,8,10H,3,6H2,1-2H3,(H,15,16). The van der Waals surface area contributed by atoms with Gasteiger partial charge in [-0.25, -0.2) is 0 Å². The van der Waals surface area contributed by atoms with Crippen LogP contribution in [-0.4, -0.2) is 28.4 Å². The van der Waals surface area contributed by atoms with Gasteiger partial charge in [0.05, 0.1) is 12.0 Å². The largest absolute Gasteiger partial charge is 0.481 e. The Morgan fingerprint density at radius 1 is 1.65 bits per heavy atom. The van der Waals surface area contributed by atoms with Crippen molar-refractivity contribution < 1.29 is 14.7 Å². The number of amides is 1. The molecule has 0 aromatic carbocycles. The van der Waals surface area contributed by atoms with Gasteiger partial charge in [-0.05, 0) is 30.9 Å². The third-order valence-corrected chi connectivity index (χ3v) is 4.35. The summed E-state index contributed by atoms with van der Waals surface area (Å²) in [7, 11) is 0. The first-order chi connectivity index (χ1) is 8.06. The third-order valence-electron chi connectivity index (χ3n) is 3.26. The molecule has 1 aromatic heterocycles. The molecule has 0 bridgehead atoms. The fourth-order valence-corrected chi connectivity index (χ4v) is 3.50. The molecule has 1 N–H and O–H groups in total. The van der Waals surface area contributed by atoms with E-state index in [1.807, 2.05) is 25.3 Å². The van der Waals surface area contributed by atoms with Crippen molar-refractivity contribution >= 4 is 23.2 Å². The van der Waals surface area contributed by atoms with Crippen molar-refractivity contribution in [2.24, 2.45) is 5.92 Å². The highest BCUT2D eigenvalue weighted by molar-refractivity contribution is 7.10. The quantitative estimate of drug-likeness (QED) is 0.897. The summed E-state index contributed by atoms with van der Waals surface area (Å²) in [6.45, 7) is 4.41. The summed E-state index contributed by atoms with van der Waals surface area (Å²) in [6, 6.07) is 1.68. The summed E-state index contributed by atoms with van der Waals surface area (Å²) in [5.74, 6) is -1.55. The summed E-state index contributed by atoms with van der Waals surface area (Å²) >= 11 is 1.53. The maximum atomic E-state index is 11.8. The van der Waals surface area contributed by atoms with Crippen LogP contribution in [-0.2, 0) is 9.59 Å². The number of carboxylic acid groups (broad SMARTS) is 1. The number of carbonyl (C=O) groups is 2. The first-order valence-electron chi connectivity index (χ1n) is 5.62. The zero-order valence-corrected chi connectivity index (χ0v) is 10.7. The Bertz CT molecular complexity index is 454. The van der Waals surface area contributed by atoms with Gasteiger partial charge in [-0.3, -0.25) is 9.59 Å². The second-order valence-corrected chi connectivity index (χ2v) is 5.19. The lowest BCUT2D eigenvalue weighted by molar-refractivity contribution is -0.142. The van der Waals surface area contributed by atoms with Crippen molar-refractivity contribution in [3.63, 3.8) is 0 Å². The molecule has 1 aromatic rings. The summed E-state index contributed by atoms with van der Waals surface area (Å²) in [4.78, 5) is 25.7. The van der Waals surface area contributed by atoms with E-state index in [-0.39, 0.29) is 18.4 Å². The summed E-state index contributed by atoms with van der Waals surface area (Å²) in [6.07, 6.45) is 0.116. The minimum Gasteiger partial charge on any atom is -0.481 e. The van der Waals surface area contributed by atoms with E-state index < -0.39 is 11.9 Å². The molecular formula is C12H15NO3S. The van der Waals surface area contributed by atoms with Crippen molar-refractivity contribution in [2.75, 3.05) is 6.54 Å². The van der Waals surface area contributed by atoms with Gasteiger partial charge in [-0.15, -0.1) is 11.3 Å². The molecule has 0 aliphatic carbocycles. The maximum Gasteiger partial charge on any atom is 0.309 e. The number of thiophene rings is 1. The lowest BCUT2D eigenvalue weighted by Gasteiger charge is -2.25. The van der Waals surface area contributed by atoms with Gasteiger partial charge in [0.15, 0.2) is 0 Å². The molecule has 0 spiro atoms. The van der Waals surface area contributed by atoms with Gasteiger partial charge >= 0.3 is 5.97 Å². The van der Waals surface area contributed by atoms with Crippen LogP contribution in [0.3, 0.4) is 0 Å². The molecular weight excluding hydrogens is 238 g/mol. The molecule has 1 amide bonds. The van der Waals surface area contributed by atoms with Crippen LogP contribution in [0.25, 0.3) is 0 Å². The second kappa shape index (κ2) is 4.49. The van der Waals surface area contributed by atoms with E-state index in [0.29, 0.717) is 6.54 Å². The lowest BCUT2D eigenvalue weighted by atomic mass is 9.97. The average Bonchev–Trinajstić information content (AvgIpc) is 2.81. The van der Waals surface area contributed by atoms with E-state index in [2.05, 4.69) is 0 Å². The minimum absolute atomic E-state index is 0.0577. The Labute approximate surface area is 104 Å². The Kier molecular flexibility index (Phi) is 3.19. The number of carboxylic acids is 1. The summed E-state index contributed by atoms with van der Waals surface area (Å²) in [5, 5.41) is 11.2. The van der Waals surface area contributed by atoms with Gasteiger partial charge in [0, 0.05) is 17.8 Å². The Morgan fingerprint density at radius 3 is 2.82 bits per heavy atom. The number of hydrogen-bond donors (Lipinski definition) is 1. The monoisotopic (exact) mass is 253 g/mol. The van der Waals surface area contributed by atoms with Crippen LogP contribution in [0.4, 0.5) is 0 Å². The van der Waals surface area contributed by atoms with Crippen molar-refractivity contribution in [1.29, 1.82) is 0 Å². The zero-order chi connectivity index (χ0) is 12.6. The van der Waals surface area contributed by atoms with E-state index in [0.717, 1.165) is 10.4 Å². The second-order valence-electron chi connectivity index (χ2n) is 4.24. The van der Waals surface area contributed by atoms with E-state index in [9.17, 15) is 14.7 Å². The minimum atomic E-state index is -0.882. The number of carbonyl (C=O) groups excluding carboxylic acids is 1. The maximum absolute atomic E-state index is 11.8. The normalized spacial score (nSPS) is 24.4. The molecule has 1 saturated heterocycles. The van der Waals surface area contributed by atoms with Gasteiger partial charge in [0.1, 0.15) is 0 Å². The molecule has 1 aliphatic rings. The Morgan fingerprint density at radius 2 is 2.35 bits per heavy atom. The number of hydrogen-bond acceptors (Lipinski definition) is 3. The van der Waals surface area contributed by atoms with Gasteiger partial charge < -0.3 is 10.0 Å². The molecule has 5 heteroatoms. The molecule has 2 unspecified atom stereocenters. The van der Waals surface area contributed by atoms with Crippen LogP contribution < -0.4 is 0 Å². The average molecular weight is 253 g/mol. The first-order valence-corrected chi connectivity index (χ1v) is 6.50. The predicted molar refractivity (Wildman–Crippen MR) is 64.9 cm³/mol.